The van der Waals surface area contributed by atoms with Crippen molar-refractivity contribution >= 4 is 11.9 Å². The molecule has 1 aliphatic rings. The maximum absolute atomic E-state index is 11.9. The van der Waals surface area contributed by atoms with E-state index in [2.05, 4.69) is 6.07 Å². The second-order valence-electron chi connectivity index (χ2n) is 4.32. The molecule has 1 fully saturated rings. The summed E-state index contributed by atoms with van der Waals surface area (Å²) in [5.41, 5.74) is 0.703. The van der Waals surface area contributed by atoms with E-state index in [1.807, 2.05) is 6.07 Å². The van der Waals surface area contributed by atoms with Gasteiger partial charge in [0, 0.05) is 6.42 Å². The Morgan fingerprint density at radius 3 is 2.74 bits per heavy atom. The van der Waals surface area contributed by atoms with Gasteiger partial charge < -0.3 is 9.64 Å². The van der Waals surface area contributed by atoms with Gasteiger partial charge in [0.2, 0.25) is 5.91 Å². The molecule has 2 rings (SSSR count). The number of rotatable bonds is 3. The van der Waals surface area contributed by atoms with Gasteiger partial charge in [-0.3, -0.25) is 4.79 Å². The predicted octanol–water partition coefficient (Wildman–Crippen LogP) is 1.42. The van der Waals surface area contributed by atoms with E-state index < -0.39 is 18.1 Å². The summed E-state index contributed by atoms with van der Waals surface area (Å²) < 4.78 is 4.70. The van der Waals surface area contributed by atoms with Crippen molar-refractivity contribution in [2.45, 2.75) is 24.9 Å². The molecule has 0 aliphatic carbocycles. The van der Waals surface area contributed by atoms with E-state index in [1.165, 1.54) is 12.0 Å². The fourth-order valence-electron chi connectivity index (χ4n) is 2.33. The highest BCUT2D eigenvalue weighted by Crippen LogP contribution is 2.30. The van der Waals surface area contributed by atoms with Crippen LogP contribution in [0.2, 0.25) is 0 Å². The highest BCUT2D eigenvalue weighted by Gasteiger charge is 2.41. The molecule has 2 atom stereocenters. The van der Waals surface area contributed by atoms with Crippen LogP contribution in [0.4, 0.5) is 0 Å². The van der Waals surface area contributed by atoms with Gasteiger partial charge in [-0.1, -0.05) is 30.3 Å². The fourth-order valence-corrected chi connectivity index (χ4v) is 2.33. The van der Waals surface area contributed by atoms with Crippen molar-refractivity contribution in [2.75, 3.05) is 7.11 Å². The summed E-state index contributed by atoms with van der Waals surface area (Å²) in [6.45, 7) is 0. The number of ether oxygens (including phenoxy) is 1. The minimum Gasteiger partial charge on any atom is -0.467 e. The number of esters is 1. The Balaban J connectivity index is 2.33. The van der Waals surface area contributed by atoms with E-state index in [0.717, 1.165) is 0 Å². The minimum absolute atomic E-state index is 0.189. The van der Waals surface area contributed by atoms with Crippen LogP contribution in [-0.2, 0) is 14.3 Å². The summed E-state index contributed by atoms with van der Waals surface area (Å²) in [6.07, 6.45) is 0.668. The van der Waals surface area contributed by atoms with Crippen molar-refractivity contribution in [1.82, 2.24) is 4.90 Å². The summed E-state index contributed by atoms with van der Waals surface area (Å²) in [5, 5.41) is 9.33. The zero-order chi connectivity index (χ0) is 13.8. The molecule has 0 bridgehead atoms. The molecule has 98 valence electrons. The summed E-state index contributed by atoms with van der Waals surface area (Å²) in [4.78, 5) is 25.0. The number of methoxy groups -OCH3 is 1. The average molecular weight is 258 g/mol. The maximum atomic E-state index is 11.9. The SMILES string of the molecule is COC(=O)C1CCC(=O)N1C(C#N)c1ccccc1. The lowest BCUT2D eigenvalue weighted by molar-refractivity contribution is -0.150. The molecule has 0 saturated carbocycles. The zero-order valence-corrected chi connectivity index (χ0v) is 10.6. The van der Waals surface area contributed by atoms with Gasteiger partial charge in [0.1, 0.15) is 12.1 Å². The zero-order valence-electron chi connectivity index (χ0n) is 10.6. The molecule has 5 heteroatoms. The number of amides is 1. The Kier molecular flexibility index (Phi) is 3.81. The summed E-state index contributed by atoms with van der Waals surface area (Å²) in [7, 11) is 1.28. The Bertz CT molecular complexity index is 521. The topological polar surface area (TPSA) is 70.4 Å². The molecular formula is C14H14N2O3. The van der Waals surface area contributed by atoms with Crippen LogP contribution < -0.4 is 0 Å². The van der Waals surface area contributed by atoms with E-state index >= 15 is 0 Å². The fraction of sp³-hybridized carbons (Fsp3) is 0.357. The van der Waals surface area contributed by atoms with Crippen LogP contribution in [0.25, 0.3) is 0 Å². The highest BCUT2D eigenvalue weighted by molar-refractivity contribution is 5.88. The van der Waals surface area contributed by atoms with E-state index in [9.17, 15) is 14.9 Å². The van der Waals surface area contributed by atoms with Crippen molar-refractivity contribution in [3.05, 3.63) is 35.9 Å². The normalized spacial score (nSPS) is 19.9. The number of carbonyl (C=O) groups excluding carboxylic acids is 2. The minimum atomic E-state index is -0.750. The van der Waals surface area contributed by atoms with E-state index in [-0.39, 0.29) is 12.3 Å². The van der Waals surface area contributed by atoms with Crippen LogP contribution in [-0.4, -0.2) is 29.9 Å². The number of likely N-dealkylation sites (tertiary alicyclic amines) is 1. The Hall–Kier alpha value is -2.35. The highest BCUT2D eigenvalue weighted by atomic mass is 16.5. The molecule has 1 aromatic rings. The van der Waals surface area contributed by atoms with Crippen molar-refractivity contribution in [2.24, 2.45) is 0 Å². The Morgan fingerprint density at radius 2 is 2.16 bits per heavy atom. The molecule has 5 nitrogen and oxygen atoms in total. The quantitative estimate of drug-likeness (QED) is 0.769. The molecule has 0 N–H and O–H groups in total. The molecule has 1 saturated heterocycles. The molecule has 1 amide bonds. The molecule has 2 unspecified atom stereocenters. The molecule has 0 radical (unpaired) electrons. The van der Waals surface area contributed by atoms with Crippen molar-refractivity contribution in [3.8, 4) is 6.07 Å². The number of nitrogens with zero attached hydrogens (tertiary/aromatic N) is 2. The van der Waals surface area contributed by atoms with Crippen LogP contribution >= 0.6 is 0 Å². The number of nitriles is 1. The van der Waals surface area contributed by atoms with Gasteiger partial charge in [-0.05, 0) is 12.0 Å². The molecule has 1 aromatic carbocycles. The first-order valence-electron chi connectivity index (χ1n) is 6.02. The Labute approximate surface area is 111 Å². The van der Waals surface area contributed by atoms with Gasteiger partial charge in [0.25, 0.3) is 0 Å². The number of hydrogen-bond donors (Lipinski definition) is 0. The summed E-state index contributed by atoms with van der Waals surface area (Å²) in [5.74, 6) is -0.659. The van der Waals surface area contributed by atoms with Crippen LogP contribution in [0.5, 0.6) is 0 Å². The standard InChI is InChI=1S/C14H14N2O3/c1-19-14(18)11-7-8-13(17)16(11)12(9-15)10-5-3-2-4-6-10/h2-6,11-12H,7-8H2,1H3. The third-order valence-electron chi connectivity index (χ3n) is 3.24. The van der Waals surface area contributed by atoms with Gasteiger partial charge in [-0.25, -0.2) is 4.79 Å². The van der Waals surface area contributed by atoms with Gasteiger partial charge in [-0.2, -0.15) is 5.26 Å². The van der Waals surface area contributed by atoms with Gasteiger partial charge in [0.05, 0.1) is 13.2 Å². The molecular weight excluding hydrogens is 244 g/mol. The molecule has 1 aliphatic heterocycles. The number of carbonyl (C=O) groups is 2. The summed E-state index contributed by atoms with van der Waals surface area (Å²) >= 11 is 0. The maximum Gasteiger partial charge on any atom is 0.328 e. The van der Waals surface area contributed by atoms with Crippen LogP contribution in [0, 0.1) is 11.3 Å². The lowest BCUT2D eigenvalue weighted by Gasteiger charge is -2.27. The largest absolute Gasteiger partial charge is 0.467 e. The second kappa shape index (κ2) is 5.53. The summed E-state index contributed by atoms with van der Waals surface area (Å²) in [6, 6.07) is 9.66. The van der Waals surface area contributed by atoms with Gasteiger partial charge in [0.15, 0.2) is 0 Å². The van der Waals surface area contributed by atoms with E-state index in [0.29, 0.717) is 12.0 Å². The van der Waals surface area contributed by atoms with E-state index in [4.69, 9.17) is 4.74 Å². The molecule has 0 aromatic heterocycles. The van der Waals surface area contributed by atoms with Gasteiger partial charge in [-0.15, -0.1) is 0 Å². The first-order chi connectivity index (χ1) is 9.19. The Morgan fingerprint density at radius 1 is 1.47 bits per heavy atom. The van der Waals surface area contributed by atoms with Crippen molar-refractivity contribution < 1.29 is 14.3 Å². The number of benzene rings is 1. The van der Waals surface area contributed by atoms with Crippen LogP contribution in [0.15, 0.2) is 30.3 Å². The molecule has 19 heavy (non-hydrogen) atoms. The van der Waals surface area contributed by atoms with Crippen LogP contribution in [0.3, 0.4) is 0 Å². The van der Waals surface area contributed by atoms with Crippen molar-refractivity contribution in [1.29, 1.82) is 5.26 Å². The third kappa shape index (κ3) is 2.43. The third-order valence-corrected chi connectivity index (χ3v) is 3.24. The van der Waals surface area contributed by atoms with Crippen LogP contribution in [0.1, 0.15) is 24.4 Å². The molecule has 1 heterocycles. The molecule has 0 spiro atoms. The first kappa shape index (κ1) is 13.1. The predicted molar refractivity (Wildman–Crippen MR) is 66.7 cm³/mol. The monoisotopic (exact) mass is 258 g/mol. The lowest BCUT2D eigenvalue weighted by Crippen LogP contribution is -2.41. The van der Waals surface area contributed by atoms with E-state index in [1.54, 1.807) is 24.3 Å². The number of hydrogen-bond acceptors (Lipinski definition) is 4. The lowest BCUT2D eigenvalue weighted by atomic mass is 10.1. The first-order valence-corrected chi connectivity index (χ1v) is 6.02. The average Bonchev–Trinajstić information content (AvgIpc) is 2.82. The smallest absolute Gasteiger partial charge is 0.328 e. The van der Waals surface area contributed by atoms with Gasteiger partial charge >= 0.3 is 5.97 Å². The second-order valence-corrected chi connectivity index (χ2v) is 4.32. The van der Waals surface area contributed by atoms with Crippen molar-refractivity contribution in [3.63, 3.8) is 0 Å².